The van der Waals surface area contributed by atoms with Crippen LogP contribution in [-0.2, 0) is 20.9 Å². The van der Waals surface area contributed by atoms with Crippen LogP contribution in [0.5, 0.6) is 5.75 Å². The van der Waals surface area contributed by atoms with Gasteiger partial charge in [-0.3, -0.25) is 9.59 Å². The van der Waals surface area contributed by atoms with Gasteiger partial charge in [0.1, 0.15) is 5.75 Å². The van der Waals surface area contributed by atoms with Crippen LogP contribution < -0.4 is 10.1 Å². The van der Waals surface area contributed by atoms with Gasteiger partial charge in [0.25, 0.3) is 0 Å². The maximum absolute atomic E-state index is 11.8. The molecule has 0 aromatic heterocycles. The number of methoxy groups -OCH3 is 2. The van der Waals surface area contributed by atoms with E-state index >= 15 is 0 Å². The van der Waals surface area contributed by atoms with E-state index in [0.29, 0.717) is 19.7 Å². The first-order valence-electron chi connectivity index (χ1n) is 7.21. The fourth-order valence-electron chi connectivity index (χ4n) is 1.90. The molecule has 0 aliphatic rings. The summed E-state index contributed by atoms with van der Waals surface area (Å²) in [6.45, 7) is 3.05. The average molecular weight is 308 g/mol. The first-order chi connectivity index (χ1) is 10.6. The topological polar surface area (TPSA) is 67.9 Å². The number of benzene rings is 1. The molecule has 1 aromatic rings. The molecule has 0 unspecified atom stereocenters. The van der Waals surface area contributed by atoms with Crippen LogP contribution >= 0.6 is 0 Å². The predicted molar refractivity (Wildman–Crippen MR) is 83.6 cm³/mol. The molecule has 0 atom stereocenters. The first kappa shape index (κ1) is 18.0. The van der Waals surface area contributed by atoms with Crippen LogP contribution in [0.15, 0.2) is 24.3 Å². The number of rotatable bonds is 9. The minimum absolute atomic E-state index is 0.0499. The van der Waals surface area contributed by atoms with Crippen molar-refractivity contribution in [1.29, 1.82) is 0 Å². The van der Waals surface area contributed by atoms with E-state index in [4.69, 9.17) is 9.47 Å². The zero-order valence-electron chi connectivity index (χ0n) is 13.4. The highest BCUT2D eigenvalue weighted by atomic mass is 16.5. The maximum atomic E-state index is 11.8. The lowest BCUT2D eigenvalue weighted by atomic mass is 10.2. The Morgan fingerprint density at radius 2 is 1.86 bits per heavy atom. The molecule has 22 heavy (non-hydrogen) atoms. The molecule has 1 N–H and O–H groups in total. The van der Waals surface area contributed by atoms with Gasteiger partial charge in [-0.1, -0.05) is 12.1 Å². The Morgan fingerprint density at radius 1 is 1.18 bits per heavy atom. The van der Waals surface area contributed by atoms with Crippen LogP contribution in [-0.4, -0.2) is 50.6 Å². The Hall–Kier alpha value is -2.08. The fourth-order valence-corrected chi connectivity index (χ4v) is 1.90. The summed E-state index contributed by atoms with van der Waals surface area (Å²) in [5, 5.41) is 2.77. The molecule has 0 aliphatic heterocycles. The summed E-state index contributed by atoms with van der Waals surface area (Å²) < 4.78 is 10.0. The van der Waals surface area contributed by atoms with Crippen molar-refractivity contribution >= 4 is 11.8 Å². The van der Waals surface area contributed by atoms with E-state index in [2.05, 4.69) is 5.32 Å². The maximum Gasteiger partial charge on any atom is 0.239 e. The van der Waals surface area contributed by atoms with E-state index in [1.54, 1.807) is 14.2 Å². The van der Waals surface area contributed by atoms with Crippen LogP contribution in [0, 0.1) is 0 Å². The molecule has 1 aromatic carbocycles. The number of carbonyl (C=O) groups is 2. The summed E-state index contributed by atoms with van der Waals surface area (Å²) in [7, 11) is 3.22. The Bertz CT molecular complexity index is 474. The molecule has 6 nitrogen and oxygen atoms in total. The number of carbonyl (C=O) groups excluding carboxylic acids is 2. The van der Waals surface area contributed by atoms with Gasteiger partial charge in [0.05, 0.1) is 13.7 Å². The van der Waals surface area contributed by atoms with Gasteiger partial charge in [0, 0.05) is 33.7 Å². The van der Waals surface area contributed by atoms with Crippen molar-refractivity contribution in [3.8, 4) is 5.75 Å². The smallest absolute Gasteiger partial charge is 0.239 e. The van der Waals surface area contributed by atoms with Gasteiger partial charge in [0.2, 0.25) is 11.8 Å². The van der Waals surface area contributed by atoms with Crippen LogP contribution in [0.25, 0.3) is 0 Å². The number of nitrogens with zero attached hydrogens (tertiary/aromatic N) is 1. The second-order valence-electron chi connectivity index (χ2n) is 4.92. The fraction of sp³-hybridized carbons (Fsp3) is 0.500. The van der Waals surface area contributed by atoms with E-state index in [1.807, 2.05) is 24.3 Å². The highest BCUT2D eigenvalue weighted by Crippen LogP contribution is 2.13. The minimum atomic E-state index is -0.167. The molecule has 122 valence electrons. The largest absolute Gasteiger partial charge is 0.497 e. The van der Waals surface area contributed by atoms with Crippen molar-refractivity contribution in [3.63, 3.8) is 0 Å². The molecule has 0 heterocycles. The molecule has 2 amide bonds. The zero-order chi connectivity index (χ0) is 16.4. The van der Waals surface area contributed by atoms with Gasteiger partial charge in [-0.05, 0) is 24.1 Å². The number of amides is 2. The summed E-state index contributed by atoms with van der Waals surface area (Å²) in [5.74, 6) is 0.455. The zero-order valence-corrected chi connectivity index (χ0v) is 13.4. The standard InChI is InChI=1S/C16H24N2O4/c1-13(19)18(12-16(20)17-9-4-10-21-2)11-14-5-7-15(22-3)8-6-14/h5-8H,4,9-12H2,1-3H3,(H,17,20). The predicted octanol–water partition coefficient (Wildman–Crippen LogP) is 1.20. The summed E-state index contributed by atoms with van der Waals surface area (Å²) in [6, 6.07) is 7.42. The monoisotopic (exact) mass is 308 g/mol. The molecule has 0 spiro atoms. The number of nitrogens with one attached hydrogen (secondary N) is 1. The Balaban J connectivity index is 2.50. The number of hydrogen-bond donors (Lipinski definition) is 1. The van der Waals surface area contributed by atoms with E-state index < -0.39 is 0 Å². The second-order valence-corrected chi connectivity index (χ2v) is 4.92. The van der Waals surface area contributed by atoms with Gasteiger partial charge in [0.15, 0.2) is 0 Å². The third-order valence-corrected chi connectivity index (χ3v) is 3.16. The van der Waals surface area contributed by atoms with Gasteiger partial charge in [-0.15, -0.1) is 0 Å². The Labute approximate surface area is 131 Å². The first-order valence-corrected chi connectivity index (χ1v) is 7.21. The second kappa shape index (κ2) is 9.78. The van der Waals surface area contributed by atoms with Crippen molar-refractivity contribution in [2.75, 3.05) is 33.9 Å². The summed E-state index contributed by atoms with van der Waals surface area (Å²) in [6.07, 6.45) is 0.751. The van der Waals surface area contributed by atoms with Crippen molar-refractivity contribution in [2.45, 2.75) is 19.9 Å². The van der Waals surface area contributed by atoms with Gasteiger partial charge in [-0.25, -0.2) is 0 Å². The highest BCUT2D eigenvalue weighted by Gasteiger charge is 2.13. The lowest BCUT2D eigenvalue weighted by molar-refractivity contribution is -0.134. The molecule has 1 rings (SSSR count). The Kier molecular flexibility index (Phi) is 7.99. The van der Waals surface area contributed by atoms with Gasteiger partial charge >= 0.3 is 0 Å². The molecule has 0 saturated heterocycles. The van der Waals surface area contributed by atoms with Gasteiger partial charge < -0.3 is 19.7 Å². The third kappa shape index (κ3) is 6.58. The minimum Gasteiger partial charge on any atom is -0.497 e. The lowest BCUT2D eigenvalue weighted by Crippen LogP contribution is -2.39. The summed E-state index contributed by atoms with van der Waals surface area (Å²) in [5.41, 5.74) is 0.947. The molecule has 0 radical (unpaired) electrons. The summed E-state index contributed by atoms with van der Waals surface area (Å²) in [4.78, 5) is 25.0. The van der Waals surface area contributed by atoms with Crippen molar-refractivity contribution in [1.82, 2.24) is 10.2 Å². The molecule has 0 bridgehead atoms. The molecular formula is C16H24N2O4. The quantitative estimate of drug-likeness (QED) is 0.696. The van der Waals surface area contributed by atoms with E-state index in [1.165, 1.54) is 11.8 Å². The van der Waals surface area contributed by atoms with Crippen LogP contribution in [0.1, 0.15) is 18.9 Å². The molecular weight excluding hydrogens is 284 g/mol. The van der Waals surface area contributed by atoms with Crippen molar-refractivity contribution in [2.24, 2.45) is 0 Å². The lowest BCUT2D eigenvalue weighted by Gasteiger charge is -2.20. The van der Waals surface area contributed by atoms with Crippen LogP contribution in [0.3, 0.4) is 0 Å². The number of hydrogen-bond acceptors (Lipinski definition) is 4. The van der Waals surface area contributed by atoms with Crippen LogP contribution in [0.2, 0.25) is 0 Å². The summed E-state index contributed by atoms with van der Waals surface area (Å²) >= 11 is 0. The Morgan fingerprint density at radius 3 is 2.41 bits per heavy atom. The van der Waals surface area contributed by atoms with Crippen molar-refractivity contribution < 1.29 is 19.1 Å². The van der Waals surface area contributed by atoms with Gasteiger partial charge in [-0.2, -0.15) is 0 Å². The third-order valence-electron chi connectivity index (χ3n) is 3.16. The SMILES string of the molecule is COCCCNC(=O)CN(Cc1ccc(OC)cc1)C(C)=O. The molecule has 0 saturated carbocycles. The molecule has 0 aliphatic carbocycles. The average Bonchev–Trinajstić information content (AvgIpc) is 2.51. The van der Waals surface area contributed by atoms with E-state index in [9.17, 15) is 9.59 Å². The highest BCUT2D eigenvalue weighted by molar-refractivity contribution is 5.83. The normalized spacial score (nSPS) is 10.1. The van der Waals surface area contributed by atoms with E-state index in [-0.39, 0.29) is 18.4 Å². The van der Waals surface area contributed by atoms with E-state index in [0.717, 1.165) is 17.7 Å². The number of ether oxygens (including phenoxy) is 2. The van der Waals surface area contributed by atoms with Crippen molar-refractivity contribution in [3.05, 3.63) is 29.8 Å². The van der Waals surface area contributed by atoms with Crippen LogP contribution in [0.4, 0.5) is 0 Å². The molecule has 6 heteroatoms. The molecule has 0 fully saturated rings.